The number of nitrogens with one attached hydrogen (secondary N) is 2. The van der Waals surface area contributed by atoms with Crippen molar-refractivity contribution >= 4 is 23.2 Å². The second kappa shape index (κ2) is 10.3. The number of fused-ring (bicyclic) bond motifs is 2. The minimum Gasteiger partial charge on any atom is -0.454 e. The monoisotopic (exact) mass is 506 g/mol. The van der Waals surface area contributed by atoms with Crippen molar-refractivity contribution in [2.75, 3.05) is 23.6 Å². The first-order chi connectivity index (χ1) is 18.6. The molecule has 0 aliphatic carbocycles. The molecule has 1 aromatic heterocycles. The maximum absolute atomic E-state index is 13.5. The number of amides is 2. The maximum atomic E-state index is 13.5. The van der Waals surface area contributed by atoms with E-state index < -0.39 is 0 Å². The third-order valence-corrected chi connectivity index (χ3v) is 6.78. The zero-order chi connectivity index (χ0) is 25.9. The van der Waals surface area contributed by atoms with Crippen LogP contribution < -0.4 is 25.0 Å². The molecule has 0 spiro atoms. The first-order valence-electron chi connectivity index (χ1n) is 12.5. The van der Waals surface area contributed by atoms with Gasteiger partial charge in [-0.3, -0.25) is 14.6 Å². The second-order valence-electron chi connectivity index (χ2n) is 9.24. The summed E-state index contributed by atoms with van der Waals surface area (Å²) >= 11 is 0. The Hall–Kier alpha value is -4.85. The molecule has 0 radical (unpaired) electrons. The summed E-state index contributed by atoms with van der Waals surface area (Å²) in [4.78, 5) is 32.8. The third kappa shape index (κ3) is 4.88. The van der Waals surface area contributed by atoms with E-state index in [2.05, 4.69) is 38.7 Å². The summed E-state index contributed by atoms with van der Waals surface area (Å²) in [5.41, 5.74) is 5.77. The van der Waals surface area contributed by atoms with Gasteiger partial charge in [-0.25, -0.2) is 0 Å². The Kier molecular flexibility index (Phi) is 6.35. The van der Waals surface area contributed by atoms with Crippen molar-refractivity contribution in [1.29, 1.82) is 0 Å². The molecule has 0 bridgehead atoms. The lowest BCUT2D eigenvalue weighted by atomic mass is 9.98. The Labute approximate surface area is 220 Å². The van der Waals surface area contributed by atoms with E-state index in [9.17, 15) is 9.59 Å². The Morgan fingerprint density at radius 2 is 1.76 bits per heavy atom. The van der Waals surface area contributed by atoms with Crippen molar-refractivity contribution in [1.82, 2.24) is 10.3 Å². The molecular formula is C30H26N4O4. The van der Waals surface area contributed by atoms with Gasteiger partial charge < -0.3 is 25.0 Å². The topological polar surface area (TPSA) is 92.8 Å². The van der Waals surface area contributed by atoms with Gasteiger partial charge in [0, 0.05) is 49.0 Å². The minimum atomic E-state index is -0.301. The summed E-state index contributed by atoms with van der Waals surface area (Å²) in [6, 6.07) is 22.7. The molecule has 0 saturated carbocycles. The summed E-state index contributed by atoms with van der Waals surface area (Å²) in [6.07, 6.45) is 4.32. The van der Waals surface area contributed by atoms with Crippen molar-refractivity contribution in [3.63, 3.8) is 0 Å². The molecule has 3 heterocycles. The standard InChI is InChI=1S/C30H26N4O4/c35-29(22-7-10-27-28(14-22)38-19-37-27)33-24-8-9-26(34-13-11-21-5-1-2-6-23(21)18-34)25(15-24)30(36)32-17-20-4-3-12-31-16-20/h1-10,12,14-16H,11,13,17-19H2,(H,32,36)(H,33,35). The zero-order valence-corrected chi connectivity index (χ0v) is 20.6. The van der Waals surface area contributed by atoms with Gasteiger partial charge in [-0.15, -0.1) is 0 Å². The first-order valence-corrected chi connectivity index (χ1v) is 12.5. The number of pyridine rings is 1. The van der Waals surface area contributed by atoms with E-state index >= 15 is 0 Å². The highest BCUT2D eigenvalue weighted by Crippen LogP contribution is 2.33. The molecule has 2 aliphatic heterocycles. The van der Waals surface area contributed by atoms with Crippen LogP contribution in [0.25, 0.3) is 0 Å². The van der Waals surface area contributed by atoms with Crippen LogP contribution in [-0.4, -0.2) is 30.1 Å². The molecule has 8 nitrogen and oxygen atoms in total. The lowest BCUT2D eigenvalue weighted by Gasteiger charge is -2.32. The van der Waals surface area contributed by atoms with Gasteiger partial charge in [-0.1, -0.05) is 30.3 Å². The van der Waals surface area contributed by atoms with Crippen molar-refractivity contribution in [3.8, 4) is 11.5 Å². The predicted molar refractivity (Wildman–Crippen MR) is 144 cm³/mol. The molecule has 4 aromatic rings. The molecule has 0 saturated heterocycles. The minimum absolute atomic E-state index is 0.139. The van der Waals surface area contributed by atoms with Crippen LogP contribution in [0.1, 0.15) is 37.4 Å². The SMILES string of the molecule is O=C(Nc1ccc(N2CCc3ccccc3C2)c(C(=O)NCc2cccnc2)c1)c1ccc2c(c1)OCO2. The van der Waals surface area contributed by atoms with E-state index in [-0.39, 0.29) is 18.6 Å². The summed E-state index contributed by atoms with van der Waals surface area (Å²) < 4.78 is 10.7. The van der Waals surface area contributed by atoms with Gasteiger partial charge in [0.15, 0.2) is 11.5 Å². The Balaban J connectivity index is 1.27. The Morgan fingerprint density at radius 3 is 2.63 bits per heavy atom. The number of rotatable bonds is 6. The van der Waals surface area contributed by atoms with Gasteiger partial charge in [-0.2, -0.15) is 0 Å². The molecule has 38 heavy (non-hydrogen) atoms. The molecule has 2 N–H and O–H groups in total. The summed E-state index contributed by atoms with van der Waals surface area (Å²) in [7, 11) is 0. The van der Waals surface area contributed by atoms with Crippen LogP contribution >= 0.6 is 0 Å². The largest absolute Gasteiger partial charge is 0.454 e. The van der Waals surface area contributed by atoms with Crippen LogP contribution in [-0.2, 0) is 19.5 Å². The molecule has 0 atom stereocenters. The smallest absolute Gasteiger partial charge is 0.255 e. The van der Waals surface area contributed by atoms with Crippen LogP contribution in [0.5, 0.6) is 11.5 Å². The summed E-state index contributed by atoms with van der Waals surface area (Å²) in [6.45, 7) is 1.99. The number of aromatic nitrogens is 1. The number of carbonyl (C=O) groups is 2. The van der Waals surface area contributed by atoms with Gasteiger partial charge in [0.05, 0.1) is 5.56 Å². The van der Waals surface area contributed by atoms with E-state index in [0.29, 0.717) is 41.4 Å². The number of hydrogen-bond donors (Lipinski definition) is 2. The van der Waals surface area contributed by atoms with Gasteiger partial charge in [0.2, 0.25) is 6.79 Å². The first kappa shape index (κ1) is 23.5. The average Bonchev–Trinajstić information content (AvgIpc) is 3.44. The second-order valence-corrected chi connectivity index (χ2v) is 9.24. The highest BCUT2D eigenvalue weighted by Gasteiger charge is 2.23. The van der Waals surface area contributed by atoms with Crippen LogP contribution in [0.4, 0.5) is 11.4 Å². The molecular weight excluding hydrogens is 480 g/mol. The van der Waals surface area contributed by atoms with Gasteiger partial charge in [-0.05, 0) is 65.6 Å². The van der Waals surface area contributed by atoms with Gasteiger partial charge in [0.1, 0.15) is 0 Å². The fraction of sp³-hybridized carbons (Fsp3) is 0.167. The predicted octanol–water partition coefficient (Wildman–Crippen LogP) is 4.56. The summed E-state index contributed by atoms with van der Waals surface area (Å²) in [5, 5.41) is 5.93. The van der Waals surface area contributed by atoms with Crippen molar-refractivity contribution in [3.05, 3.63) is 113 Å². The Bertz CT molecular complexity index is 1510. The van der Waals surface area contributed by atoms with Gasteiger partial charge >= 0.3 is 0 Å². The average molecular weight is 507 g/mol. The van der Waals surface area contributed by atoms with Crippen LogP contribution in [0.3, 0.4) is 0 Å². The zero-order valence-electron chi connectivity index (χ0n) is 20.6. The number of ether oxygens (including phenoxy) is 2. The molecule has 8 heteroatoms. The molecule has 6 rings (SSSR count). The highest BCUT2D eigenvalue weighted by atomic mass is 16.7. The Morgan fingerprint density at radius 1 is 0.895 bits per heavy atom. The summed E-state index contributed by atoms with van der Waals surface area (Å²) in [5.74, 6) is 0.627. The van der Waals surface area contributed by atoms with E-state index in [0.717, 1.165) is 24.2 Å². The van der Waals surface area contributed by atoms with Crippen LogP contribution in [0, 0.1) is 0 Å². The van der Waals surface area contributed by atoms with Crippen LogP contribution in [0.15, 0.2) is 85.2 Å². The lowest BCUT2D eigenvalue weighted by molar-refractivity contribution is 0.0950. The van der Waals surface area contributed by atoms with Crippen LogP contribution in [0.2, 0.25) is 0 Å². The fourth-order valence-electron chi connectivity index (χ4n) is 4.79. The van der Waals surface area contributed by atoms with Gasteiger partial charge in [0.25, 0.3) is 11.8 Å². The van der Waals surface area contributed by atoms with E-state index in [4.69, 9.17) is 9.47 Å². The number of hydrogen-bond acceptors (Lipinski definition) is 6. The molecule has 190 valence electrons. The van der Waals surface area contributed by atoms with Crippen molar-refractivity contribution < 1.29 is 19.1 Å². The third-order valence-electron chi connectivity index (χ3n) is 6.78. The maximum Gasteiger partial charge on any atom is 0.255 e. The van der Waals surface area contributed by atoms with E-state index in [1.165, 1.54) is 11.1 Å². The van der Waals surface area contributed by atoms with E-state index in [1.54, 1.807) is 36.7 Å². The van der Waals surface area contributed by atoms with E-state index in [1.807, 2.05) is 30.3 Å². The fourth-order valence-corrected chi connectivity index (χ4v) is 4.79. The normalized spacial score (nSPS) is 13.5. The number of carbonyl (C=O) groups excluding carboxylic acids is 2. The highest BCUT2D eigenvalue weighted by molar-refractivity contribution is 6.06. The number of nitrogens with zero attached hydrogens (tertiary/aromatic N) is 2. The molecule has 3 aromatic carbocycles. The molecule has 2 amide bonds. The quantitative estimate of drug-likeness (QED) is 0.399. The molecule has 2 aliphatic rings. The number of anilines is 2. The lowest BCUT2D eigenvalue weighted by Crippen LogP contribution is -2.33. The number of benzene rings is 3. The molecule has 0 unspecified atom stereocenters. The van der Waals surface area contributed by atoms with Crippen molar-refractivity contribution in [2.24, 2.45) is 0 Å². The van der Waals surface area contributed by atoms with Crippen molar-refractivity contribution in [2.45, 2.75) is 19.5 Å². The molecule has 0 fully saturated rings.